The highest BCUT2D eigenvalue weighted by Crippen LogP contribution is 2.06. The first kappa shape index (κ1) is 17.2. The zero-order chi connectivity index (χ0) is 18.7. The van der Waals surface area contributed by atoms with Crippen LogP contribution in [0.3, 0.4) is 0 Å². The number of benzene rings is 1. The molecule has 0 atom stereocenters. The molecule has 0 bridgehead atoms. The number of aromatic nitrogens is 3. The Hall–Kier alpha value is -3.66. The predicted molar refractivity (Wildman–Crippen MR) is 97.9 cm³/mol. The fourth-order valence-electron chi connectivity index (χ4n) is 2.46. The van der Waals surface area contributed by atoms with Crippen molar-refractivity contribution in [2.75, 3.05) is 6.54 Å². The third kappa shape index (κ3) is 3.26. The molecule has 0 spiro atoms. The molecule has 0 aliphatic heterocycles. The number of carbonyl (C=O) groups excluding carboxylic acids is 1. The first-order valence-corrected chi connectivity index (χ1v) is 7.88. The van der Waals surface area contributed by atoms with E-state index in [4.69, 9.17) is 0 Å². The van der Waals surface area contributed by atoms with Crippen molar-refractivity contribution in [1.82, 2.24) is 19.4 Å². The van der Waals surface area contributed by atoms with Crippen LogP contribution in [-0.4, -0.2) is 26.6 Å². The maximum atomic E-state index is 12.2. The smallest absolute Gasteiger partial charge is 0.332 e. The standard InChI is InChI=1S/C19H16N4O3/c1-22-16-14(18(25)23(2)19(22)26)10-11-15(21-16)17(24)20-12-6-9-13-7-4-3-5-8-13/h3-5,7-8,10-11H,12H2,1-2H3,(H,20,24). The summed E-state index contributed by atoms with van der Waals surface area (Å²) < 4.78 is 2.24. The number of nitrogens with zero attached hydrogens (tertiary/aromatic N) is 3. The summed E-state index contributed by atoms with van der Waals surface area (Å²) >= 11 is 0. The SMILES string of the molecule is Cn1c(=O)c2ccc(C(=O)NCC#Cc3ccccc3)nc2n(C)c1=O. The number of hydrogen-bond acceptors (Lipinski definition) is 4. The first-order chi connectivity index (χ1) is 12.5. The Morgan fingerprint density at radius 3 is 2.54 bits per heavy atom. The lowest BCUT2D eigenvalue weighted by atomic mass is 10.2. The summed E-state index contributed by atoms with van der Waals surface area (Å²) in [5, 5.41) is 2.92. The minimum absolute atomic E-state index is 0.113. The Morgan fingerprint density at radius 1 is 1.08 bits per heavy atom. The molecule has 1 N–H and O–H groups in total. The summed E-state index contributed by atoms with van der Waals surface area (Å²) in [7, 11) is 2.90. The van der Waals surface area contributed by atoms with Crippen LogP contribution < -0.4 is 16.6 Å². The van der Waals surface area contributed by atoms with E-state index in [1.807, 2.05) is 30.3 Å². The van der Waals surface area contributed by atoms with Gasteiger partial charge in [0.2, 0.25) is 0 Å². The maximum absolute atomic E-state index is 12.2. The van der Waals surface area contributed by atoms with Crippen molar-refractivity contribution in [3.63, 3.8) is 0 Å². The van der Waals surface area contributed by atoms with Crippen molar-refractivity contribution < 1.29 is 4.79 Å². The molecule has 0 aliphatic carbocycles. The summed E-state index contributed by atoms with van der Waals surface area (Å²) in [6, 6.07) is 12.4. The molecular weight excluding hydrogens is 332 g/mol. The molecule has 2 heterocycles. The molecule has 7 heteroatoms. The van der Waals surface area contributed by atoms with Crippen molar-refractivity contribution in [3.05, 3.63) is 74.6 Å². The number of carbonyl (C=O) groups is 1. The second kappa shape index (κ2) is 7.07. The second-order valence-electron chi connectivity index (χ2n) is 5.62. The molecule has 0 saturated carbocycles. The molecule has 3 rings (SSSR count). The molecule has 0 unspecified atom stereocenters. The number of rotatable bonds is 2. The lowest BCUT2D eigenvalue weighted by Crippen LogP contribution is -2.37. The Labute approximate surface area is 148 Å². The van der Waals surface area contributed by atoms with E-state index in [0.717, 1.165) is 10.1 Å². The van der Waals surface area contributed by atoms with Gasteiger partial charge in [0, 0.05) is 19.7 Å². The molecule has 0 aliphatic rings. The first-order valence-electron chi connectivity index (χ1n) is 7.88. The number of pyridine rings is 1. The minimum atomic E-state index is -0.499. The van der Waals surface area contributed by atoms with Crippen molar-refractivity contribution in [1.29, 1.82) is 0 Å². The molecule has 0 radical (unpaired) electrons. The Morgan fingerprint density at radius 2 is 1.81 bits per heavy atom. The van der Waals surface area contributed by atoms with Gasteiger partial charge in [-0.15, -0.1) is 0 Å². The highest BCUT2D eigenvalue weighted by molar-refractivity contribution is 5.94. The van der Waals surface area contributed by atoms with Gasteiger partial charge < -0.3 is 5.32 Å². The van der Waals surface area contributed by atoms with Gasteiger partial charge in [0.25, 0.3) is 11.5 Å². The van der Waals surface area contributed by atoms with Gasteiger partial charge >= 0.3 is 5.69 Å². The van der Waals surface area contributed by atoms with E-state index < -0.39 is 17.2 Å². The van der Waals surface area contributed by atoms with Crippen LogP contribution in [0.1, 0.15) is 16.1 Å². The molecule has 2 aromatic heterocycles. The van der Waals surface area contributed by atoms with Crippen LogP contribution in [0.4, 0.5) is 0 Å². The number of nitrogens with one attached hydrogen (secondary N) is 1. The van der Waals surface area contributed by atoms with Gasteiger partial charge in [0.05, 0.1) is 11.9 Å². The maximum Gasteiger partial charge on any atom is 0.332 e. The summed E-state index contributed by atoms with van der Waals surface area (Å²) in [4.78, 5) is 40.5. The van der Waals surface area contributed by atoms with E-state index in [1.54, 1.807) is 0 Å². The topological polar surface area (TPSA) is 86.0 Å². The van der Waals surface area contributed by atoms with Crippen LogP contribution in [-0.2, 0) is 14.1 Å². The van der Waals surface area contributed by atoms with Gasteiger partial charge in [-0.1, -0.05) is 30.0 Å². The lowest BCUT2D eigenvalue weighted by Gasteiger charge is -2.08. The van der Waals surface area contributed by atoms with Gasteiger partial charge in [0.1, 0.15) is 11.3 Å². The number of amides is 1. The Kier molecular flexibility index (Phi) is 4.67. The van der Waals surface area contributed by atoms with Crippen molar-refractivity contribution in [2.45, 2.75) is 0 Å². The summed E-state index contributed by atoms with van der Waals surface area (Å²) in [5.41, 5.74) is 0.192. The normalized spacial score (nSPS) is 10.2. The van der Waals surface area contributed by atoms with E-state index in [9.17, 15) is 14.4 Å². The zero-order valence-electron chi connectivity index (χ0n) is 14.3. The van der Waals surface area contributed by atoms with E-state index >= 15 is 0 Å². The van der Waals surface area contributed by atoms with Gasteiger partial charge in [-0.25, -0.2) is 9.78 Å². The summed E-state index contributed by atoms with van der Waals surface area (Å²) in [5.74, 6) is 5.37. The van der Waals surface area contributed by atoms with E-state index in [1.165, 1.54) is 30.8 Å². The zero-order valence-corrected chi connectivity index (χ0v) is 14.3. The van der Waals surface area contributed by atoms with Crippen LogP contribution >= 0.6 is 0 Å². The number of aryl methyl sites for hydroxylation is 1. The summed E-state index contributed by atoms with van der Waals surface area (Å²) in [6.07, 6.45) is 0. The third-order valence-corrected chi connectivity index (χ3v) is 3.88. The lowest BCUT2D eigenvalue weighted by molar-refractivity contribution is 0.0954. The average Bonchev–Trinajstić information content (AvgIpc) is 2.68. The van der Waals surface area contributed by atoms with Gasteiger partial charge in [0.15, 0.2) is 0 Å². The van der Waals surface area contributed by atoms with Crippen LogP contribution in [0.5, 0.6) is 0 Å². The molecule has 130 valence electrons. The molecule has 3 aromatic rings. The van der Waals surface area contributed by atoms with Gasteiger partial charge in [-0.2, -0.15) is 0 Å². The number of hydrogen-bond donors (Lipinski definition) is 1. The number of fused-ring (bicyclic) bond motifs is 1. The molecule has 1 amide bonds. The second-order valence-corrected chi connectivity index (χ2v) is 5.62. The fraction of sp³-hybridized carbons (Fsp3) is 0.158. The van der Waals surface area contributed by atoms with Crippen LogP contribution in [0.25, 0.3) is 11.0 Å². The monoisotopic (exact) mass is 348 g/mol. The van der Waals surface area contributed by atoms with Crippen LogP contribution in [0.2, 0.25) is 0 Å². The van der Waals surface area contributed by atoms with Gasteiger partial charge in [-0.05, 0) is 24.3 Å². The van der Waals surface area contributed by atoms with Gasteiger partial charge in [-0.3, -0.25) is 18.7 Å². The summed E-state index contributed by atoms with van der Waals surface area (Å²) in [6.45, 7) is 0.156. The fourth-order valence-corrected chi connectivity index (χ4v) is 2.46. The third-order valence-electron chi connectivity index (χ3n) is 3.88. The molecule has 7 nitrogen and oxygen atoms in total. The highest BCUT2D eigenvalue weighted by atomic mass is 16.2. The molecular formula is C19H16N4O3. The van der Waals surface area contributed by atoms with Crippen LogP contribution in [0, 0.1) is 11.8 Å². The molecule has 0 fully saturated rings. The molecule has 0 saturated heterocycles. The largest absolute Gasteiger partial charge is 0.340 e. The minimum Gasteiger partial charge on any atom is -0.340 e. The molecule has 26 heavy (non-hydrogen) atoms. The van der Waals surface area contributed by atoms with E-state index in [2.05, 4.69) is 22.1 Å². The average molecular weight is 348 g/mol. The highest BCUT2D eigenvalue weighted by Gasteiger charge is 2.13. The quantitative estimate of drug-likeness (QED) is 0.680. The predicted octanol–water partition coefficient (Wildman–Crippen LogP) is 0.414. The van der Waals surface area contributed by atoms with E-state index in [-0.39, 0.29) is 23.3 Å². The Bertz CT molecular complexity index is 1160. The Balaban J connectivity index is 1.82. The van der Waals surface area contributed by atoms with Crippen LogP contribution in [0.15, 0.2) is 52.1 Å². The molecule has 1 aromatic carbocycles. The van der Waals surface area contributed by atoms with Crippen molar-refractivity contribution in [2.24, 2.45) is 14.1 Å². The van der Waals surface area contributed by atoms with Crippen molar-refractivity contribution in [3.8, 4) is 11.8 Å². The van der Waals surface area contributed by atoms with E-state index in [0.29, 0.717) is 0 Å². The van der Waals surface area contributed by atoms with Crippen molar-refractivity contribution >= 4 is 16.9 Å².